The summed E-state index contributed by atoms with van der Waals surface area (Å²) in [5, 5.41) is 12.7. The van der Waals surface area contributed by atoms with Gasteiger partial charge in [0.15, 0.2) is 0 Å². The molecule has 0 aliphatic carbocycles. The summed E-state index contributed by atoms with van der Waals surface area (Å²) < 4.78 is 9.91. The zero-order valence-corrected chi connectivity index (χ0v) is 13.7. The second-order valence-electron chi connectivity index (χ2n) is 5.79. The Morgan fingerprint density at radius 2 is 2.09 bits per heavy atom. The van der Waals surface area contributed by atoms with Gasteiger partial charge in [0.05, 0.1) is 6.61 Å². The Kier molecular flexibility index (Phi) is 6.47. The van der Waals surface area contributed by atoms with E-state index in [-0.39, 0.29) is 18.0 Å². The van der Waals surface area contributed by atoms with Crippen LogP contribution in [0.5, 0.6) is 0 Å². The molecule has 1 aromatic rings. The van der Waals surface area contributed by atoms with Crippen LogP contribution < -0.4 is 11.1 Å². The average molecular weight is 325 g/mol. The zero-order chi connectivity index (χ0) is 17.6. The van der Waals surface area contributed by atoms with Crippen LogP contribution in [0.25, 0.3) is 0 Å². The van der Waals surface area contributed by atoms with Crippen LogP contribution in [-0.4, -0.2) is 40.4 Å². The molecule has 2 atom stereocenters. The largest absolute Gasteiger partial charge is 0.465 e. The van der Waals surface area contributed by atoms with Crippen LogP contribution in [0.4, 0.5) is 10.6 Å². The predicted octanol–water partition coefficient (Wildman–Crippen LogP) is 1.35. The van der Waals surface area contributed by atoms with E-state index in [0.29, 0.717) is 0 Å². The Hall–Kier alpha value is -2.19. The molecule has 1 heterocycles. The van der Waals surface area contributed by atoms with Crippen LogP contribution in [0.3, 0.4) is 0 Å². The number of esters is 1. The molecule has 0 aliphatic heterocycles. The van der Waals surface area contributed by atoms with Crippen molar-refractivity contribution in [3.63, 3.8) is 0 Å². The van der Waals surface area contributed by atoms with Crippen molar-refractivity contribution in [1.29, 1.82) is 0 Å². The Morgan fingerprint density at radius 1 is 1.43 bits per heavy atom. The number of nitrogens with two attached hydrogens (primary N) is 1. The fourth-order valence-electron chi connectivity index (χ4n) is 1.72. The maximum atomic E-state index is 11.8. The molecule has 4 N–H and O–H groups in total. The first-order valence-electron chi connectivity index (χ1n) is 7.21. The van der Waals surface area contributed by atoms with Gasteiger partial charge in [-0.2, -0.15) is 0 Å². The van der Waals surface area contributed by atoms with E-state index < -0.39 is 29.8 Å². The number of carbonyl (C=O) groups excluding carboxylic acids is 2. The van der Waals surface area contributed by atoms with Crippen molar-refractivity contribution in [3.05, 3.63) is 23.9 Å². The lowest BCUT2D eigenvalue weighted by atomic mass is 10.0. The Balaban J connectivity index is 2.92. The first-order valence-corrected chi connectivity index (χ1v) is 7.21. The van der Waals surface area contributed by atoms with Gasteiger partial charge in [-0.1, -0.05) is 6.07 Å². The highest BCUT2D eigenvalue weighted by Crippen LogP contribution is 2.23. The Labute approximate surface area is 135 Å². The number of hydrogen-bond acceptors (Lipinski definition) is 7. The van der Waals surface area contributed by atoms with Crippen molar-refractivity contribution in [2.24, 2.45) is 5.73 Å². The number of pyridine rings is 1. The van der Waals surface area contributed by atoms with E-state index in [1.807, 2.05) is 0 Å². The predicted molar refractivity (Wildman–Crippen MR) is 83.7 cm³/mol. The average Bonchev–Trinajstić information content (AvgIpc) is 2.44. The molecule has 0 bridgehead atoms. The van der Waals surface area contributed by atoms with Crippen LogP contribution in [-0.2, 0) is 14.3 Å². The van der Waals surface area contributed by atoms with E-state index >= 15 is 0 Å². The third-order valence-electron chi connectivity index (χ3n) is 2.68. The van der Waals surface area contributed by atoms with Gasteiger partial charge >= 0.3 is 12.1 Å². The molecule has 0 unspecified atom stereocenters. The number of aliphatic hydroxyl groups excluding tert-OH is 1. The number of rotatable bonds is 5. The number of hydrogen-bond donors (Lipinski definition) is 3. The van der Waals surface area contributed by atoms with Crippen molar-refractivity contribution >= 4 is 17.9 Å². The van der Waals surface area contributed by atoms with Gasteiger partial charge in [0.2, 0.25) is 0 Å². The first kappa shape index (κ1) is 18.9. The summed E-state index contributed by atoms with van der Waals surface area (Å²) in [5.41, 5.74) is 5.20. The summed E-state index contributed by atoms with van der Waals surface area (Å²) in [4.78, 5) is 27.4. The Morgan fingerprint density at radius 3 is 2.65 bits per heavy atom. The highest BCUT2D eigenvalue weighted by Gasteiger charge is 2.28. The van der Waals surface area contributed by atoms with E-state index in [9.17, 15) is 14.7 Å². The number of amides is 1. The maximum Gasteiger partial charge on any atom is 0.413 e. The topological polar surface area (TPSA) is 124 Å². The normalized spacial score (nSPS) is 13.8. The van der Waals surface area contributed by atoms with Crippen molar-refractivity contribution in [2.45, 2.75) is 45.4 Å². The standard InChI is InChI=1S/C15H23N3O5/c1-5-22-13(20)10(16)11(19)9-7-6-8-17-12(9)18-14(21)23-15(2,3)4/h6-8,10-11,19H,5,16H2,1-4H3,(H,17,18,21)/t10-,11+/m0/s1. The molecule has 8 nitrogen and oxygen atoms in total. The van der Waals surface area contributed by atoms with Crippen molar-refractivity contribution in [1.82, 2.24) is 4.98 Å². The maximum absolute atomic E-state index is 11.8. The van der Waals surface area contributed by atoms with Crippen molar-refractivity contribution in [2.75, 3.05) is 11.9 Å². The molecule has 1 aromatic heterocycles. The third kappa shape index (κ3) is 5.84. The summed E-state index contributed by atoms with van der Waals surface area (Å²) in [6.07, 6.45) is -0.680. The molecule has 1 rings (SSSR count). The summed E-state index contributed by atoms with van der Waals surface area (Å²) >= 11 is 0. The third-order valence-corrected chi connectivity index (χ3v) is 2.68. The number of nitrogens with zero attached hydrogens (tertiary/aromatic N) is 1. The molecule has 128 valence electrons. The monoisotopic (exact) mass is 325 g/mol. The molecule has 1 amide bonds. The highest BCUT2D eigenvalue weighted by atomic mass is 16.6. The summed E-state index contributed by atoms with van der Waals surface area (Å²) in [6.45, 7) is 6.94. The van der Waals surface area contributed by atoms with Crippen LogP contribution >= 0.6 is 0 Å². The van der Waals surface area contributed by atoms with Gasteiger partial charge in [0, 0.05) is 11.8 Å². The number of aromatic nitrogens is 1. The van der Waals surface area contributed by atoms with Crippen LogP contribution in [0.1, 0.15) is 39.4 Å². The van der Waals surface area contributed by atoms with Gasteiger partial charge in [-0.25, -0.2) is 9.78 Å². The van der Waals surface area contributed by atoms with E-state index in [2.05, 4.69) is 10.3 Å². The lowest BCUT2D eigenvalue weighted by Crippen LogP contribution is -2.38. The molecule has 0 radical (unpaired) electrons. The molecule has 0 spiro atoms. The van der Waals surface area contributed by atoms with Crippen LogP contribution in [0, 0.1) is 0 Å². The minimum Gasteiger partial charge on any atom is -0.465 e. The first-order chi connectivity index (χ1) is 10.7. The minimum atomic E-state index is -1.38. The Bertz CT molecular complexity index is 556. The lowest BCUT2D eigenvalue weighted by molar-refractivity contribution is -0.147. The van der Waals surface area contributed by atoms with Gasteiger partial charge in [0.1, 0.15) is 23.6 Å². The molecular formula is C15H23N3O5. The van der Waals surface area contributed by atoms with Crippen LogP contribution in [0.15, 0.2) is 18.3 Å². The fraction of sp³-hybridized carbons (Fsp3) is 0.533. The molecule has 0 saturated heterocycles. The molecule has 23 heavy (non-hydrogen) atoms. The molecule has 0 aliphatic rings. The second kappa shape index (κ2) is 7.89. The van der Waals surface area contributed by atoms with Gasteiger partial charge in [0.25, 0.3) is 0 Å². The van der Waals surface area contributed by atoms with Gasteiger partial charge in [-0.05, 0) is 33.8 Å². The number of carbonyl (C=O) groups is 2. The summed E-state index contributed by atoms with van der Waals surface area (Å²) in [5.74, 6) is -0.680. The lowest BCUT2D eigenvalue weighted by Gasteiger charge is -2.22. The molecule has 0 aromatic carbocycles. The quantitative estimate of drug-likeness (QED) is 0.698. The highest BCUT2D eigenvalue weighted by molar-refractivity contribution is 5.85. The van der Waals surface area contributed by atoms with Crippen molar-refractivity contribution < 1.29 is 24.2 Å². The van der Waals surface area contributed by atoms with Crippen LogP contribution in [0.2, 0.25) is 0 Å². The molecule has 8 heteroatoms. The summed E-state index contributed by atoms with van der Waals surface area (Å²) in [7, 11) is 0. The number of aliphatic hydroxyl groups is 1. The van der Waals surface area contributed by atoms with E-state index in [4.69, 9.17) is 15.2 Å². The molecule has 0 saturated carbocycles. The van der Waals surface area contributed by atoms with E-state index in [0.717, 1.165) is 0 Å². The van der Waals surface area contributed by atoms with Gasteiger partial charge < -0.3 is 20.3 Å². The SMILES string of the molecule is CCOC(=O)[C@@H](N)[C@H](O)c1cccnc1NC(=O)OC(C)(C)C. The molecule has 0 fully saturated rings. The van der Waals surface area contributed by atoms with E-state index in [1.165, 1.54) is 12.3 Å². The number of anilines is 1. The van der Waals surface area contributed by atoms with Gasteiger partial charge in [-0.3, -0.25) is 10.1 Å². The fourth-order valence-corrected chi connectivity index (χ4v) is 1.72. The van der Waals surface area contributed by atoms with E-state index in [1.54, 1.807) is 33.8 Å². The van der Waals surface area contributed by atoms with Crippen molar-refractivity contribution in [3.8, 4) is 0 Å². The summed E-state index contributed by atoms with van der Waals surface area (Å²) in [6, 6.07) is 1.76. The number of nitrogens with one attached hydrogen (secondary N) is 1. The molecular weight excluding hydrogens is 302 g/mol. The smallest absolute Gasteiger partial charge is 0.413 e. The van der Waals surface area contributed by atoms with Gasteiger partial charge in [-0.15, -0.1) is 0 Å². The second-order valence-corrected chi connectivity index (χ2v) is 5.79. The number of ether oxygens (including phenoxy) is 2. The zero-order valence-electron chi connectivity index (χ0n) is 13.7. The minimum absolute atomic E-state index is 0.0639.